The molecule has 1 aromatic heterocycles. The number of rotatable bonds is 1. The Morgan fingerprint density at radius 1 is 1.67 bits per heavy atom. The molecule has 46 valence electrons. The van der Waals surface area contributed by atoms with E-state index in [0.717, 1.165) is 0 Å². The Morgan fingerprint density at radius 3 is 2.89 bits per heavy atom. The molecule has 4 heteroatoms. The molecule has 0 aromatic carbocycles. The molecular weight excluding hydrogens is 142 g/mol. The van der Waals surface area contributed by atoms with Gasteiger partial charge in [-0.1, -0.05) is 0 Å². The second kappa shape index (κ2) is 2.49. The molecule has 0 bridgehead atoms. The molecule has 0 unspecified atom stereocenters. The highest BCUT2D eigenvalue weighted by atomic mass is 35.5. The minimum atomic E-state index is 0.176. The Bertz CT molecular complexity index is 249. The smallest absolute Gasteiger partial charge is 0.243 e. The molecule has 0 atom stereocenters. The van der Waals surface area contributed by atoms with E-state index < -0.39 is 0 Å². The van der Waals surface area contributed by atoms with Crippen molar-refractivity contribution in [2.45, 2.75) is 0 Å². The average molecular weight is 144 g/mol. The highest BCUT2D eigenvalue weighted by Gasteiger charge is 1.93. The lowest BCUT2D eigenvalue weighted by molar-refractivity contribution is 0.555. The van der Waals surface area contributed by atoms with Crippen LogP contribution < -0.4 is 0 Å². The van der Waals surface area contributed by atoms with Crippen molar-refractivity contribution in [3.05, 3.63) is 17.4 Å². The standard InChI is InChI=1S/C5H2ClNO2/c6-4-1-2-5(9-4)7-3-8/h1-2H. The summed E-state index contributed by atoms with van der Waals surface area (Å²) in [5.74, 6) is 0.176. The number of carbonyl (C=O) groups excluding carboxylic acids is 1. The number of isocyanates is 1. The van der Waals surface area contributed by atoms with E-state index in [2.05, 4.69) is 9.41 Å². The van der Waals surface area contributed by atoms with Gasteiger partial charge in [-0.05, 0) is 17.7 Å². The predicted octanol–water partition coefficient (Wildman–Crippen LogP) is 1.90. The molecule has 1 heterocycles. The van der Waals surface area contributed by atoms with Gasteiger partial charge in [0.1, 0.15) is 0 Å². The first kappa shape index (κ1) is 6.08. The van der Waals surface area contributed by atoms with E-state index in [4.69, 9.17) is 11.6 Å². The Hall–Kier alpha value is -1.05. The second-order valence-corrected chi connectivity index (χ2v) is 1.65. The van der Waals surface area contributed by atoms with Gasteiger partial charge in [-0.3, -0.25) is 0 Å². The molecule has 1 aromatic rings. The number of hydrogen-bond donors (Lipinski definition) is 0. The quantitative estimate of drug-likeness (QED) is 0.445. The largest absolute Gasteiger partial charge is 0.426 e. The van der Waals surface area contributed by atoms with Gasteiger partial charge in [0.25, 0.3) is 0 Å². The van der Waals surface area contributed by atoms with E-state index >= 15 is 0 Å². The first-order chi connectivity index (χ1) is 4.33. The van der Waals surface area contributed by atoms with Gasteiger partial charge < -0.3 is 4.42 Å². The molecule has 0 aliphatic carbocycles. The first-order valence-electron chi connectivity index (χ1n) is 2.16. The van der Waals surface area contributed by atoms with Gasteiger partial charge in [0.15, 0.2) is 5.22 Å². The summed E-state index contributed by atoms with van der Waals surface area (Å²) >= 11 is 5.34. The van der Waals surface area contributed by atoms with Gasteiger partial charge >= 0.3 is 0 Å². The van der Waals surface area contributed by atoms with Crippen LogP contribution in [0.4, 0.5) is 5.88 Å². The molecule has 9 heavy (non-hydrogen) atoms. The third kappa shape index (κ3) is 1.42. The molecule has 0 radical (unpaired) electrons. The fourth-order valence-electron chi connectivity index (χ4n) is 0.410. The number of halogens is 1. The van der Waals surface area contributed by atoms with Crippen molar-refractivity contribution in [3.63, 3.8) is 0 Å². The fourth-order valence-corrected chi connectivity index (χ4v) is 0.552. The Morgan fingerprint density at radius 2 is 2.44 bits per heavy atom. The van der Waals surface area contributed by atoms with Crippen LogP contribution in [0.25, 0.3) is 0 Å². The zero-order valence-electron chi connectivity index (χ0n) is 4.30. The van der Waals surface area contributed by atoms with Crippen LogP contribution in [0.5, 0.6) is 0 Å². The molecule has 1 rings (SSSR count). The van der Waals surface area contributed by atoms with E-state index in [1.165, 1.54) is 18.2 Å². The maximum atomic E-state index is 9.59. The maximum absolute atomic E-state index is 9.59. The highest BCUT2D eigenvalue weighted by Crippen LogP contribution is 2.19. The van der Waals surface area contributed by atoms with Crippen LogP contribution in [0.3, 0.4) is 0 Å². The van der Waals surface area contributed by atoms with Gasteiger partial charge in [0, 0.05) is 6.07 Å². The number of hydrogen-bond acceptors (Lipinski definition) is 3. The summed E-state index contributed by atoms with van der Waals surface area (Å²) in [5, 5.41) is 0.212. The monoisotopic (exact) mass is 143 g/mol. The van der Waals surface area contributed by atoms with Crippen molar-refractivity contribution in [1.82, 2.24) is 0 Å². The van der Waals surface area contributed by atoms with E-state index in [9.17, 15) is 4.79 Å². The van der Waals surface area contributed by atoms with Gasteiger partial charge in [0.05, 0.1) is 0 Å². The summed E-state index contributed by atoms with van der Waals surface area (Å²) in [6, 6.07) is 2.98. The van der Waals surface area contributed by atoms with E-state index in [1.54, 1.807) is 0 Å². The number of nitrogens with zero attached hydrogens (tertiary/aromatic N) is 1. The lowest BCUT2D eigenvalue weighted by Gasteiger charge is -1.74. The minimum Gasteiger partial charge on any atom is -0.426 e. The zero-order valence-corrected chi connectivity index (χ0v) is 5.05. The van der Waals surface area contributed by atoms with Crippen LogP contribution in [-0.4, -0.2) is 6.08 Å². The molecule has 0 amide bonds. The molecular formula is C5H2ClNO2. The van der Waals surface area contributed by atoms with Crippen LogP contribution in [-0.2, 0) is 4.79 Å². The molecule has 0 saturated heterocycles. The van der Waals surface area contributed by atoms with Crippen molar-refractivity contribution in [3.8, 4) is 0 Å². The zero-order chi connectivity index (χ0) is 6.69. The van der Waals surface area contributed by atoms with E-state index in [1.807, 2.05) is 0 Å². The molecule has 0 aliphatic heterocycles. The van der Waals surface area contributed by atoms with Gasteiger partial charge in [-0.15, -0.1) is 4.99 Å². The van der Waals surface area contributed by atoms with Crippen molar-refractivity contribution in [1.29, 1.82) is 0 Å². The van der Waals surface area contributed by atoms with E-state index in [-0.39, 0.29) is 11.1 Å². The van der Waals surface area contributed by atoms with Crippen molar-refractivity contribution < 1.29 is 9.21 Å². The average Bonchev–Trinajstić information content (AvgIpc) is 2.17. The summed E-state index contributed by atoms with van der Waals surface area (Å²) < 4.78 is 4.66. The number of aliphatic imine (C=N–C) groups is 1. The van der Waals surface area contributed by atoms with Gasteiger partial charge in [-0.25, -0.2) is 4.79 Å². The molecule has 0 N–H and O–H groups in total. The summed E-state index contributed by atoms with van der Waals surface area (Å²) in [5.41, 5.74) is 0. The van der Waals surface area contributed by atoms with Crippen LogP contribution in [0.2, 0.25) is 5.22 Å². The summed E-state index contributed by atoms with van der Waals surface area (Å²) in [7, 11) is 0. The van der Waals surface area contributed by atoms with Crippen LogP contribution in [0, 0.1) is 0 Å². The third-order valence-electron chi connectivity index (χ3n) is 0.715. The molecule has 0 saturated carbocycles. The van der Waals surface area contributed by atoms with Crippen LogP contribution in [0.15, 0.2) is 21.5 Å². The third-order valence-corrected chi connectivity index (χ3v) is 0.918. The van der Waals surface area contributed by atoms with Crippen molar-refractivity contribution in [2.24, 2.45) is 4.99 Å². The van der Waals surface area contributed by atoms with Gasteiger partial charge in [-0.2, -0.15) is 0 Å². The summed E-state index contributed by atoms with van der Waals surface area (Å²) in [6.45, 7) is 0. The molecule has 0 aliphatic rings. The summed E-state index contributed by atoms with van der Waals surface area (Å²) in [4.78, 5) is 12.8. The number of furan rings is 1. The first-order valence-corrected chi connectivity index (χ1v) is 2.54. The maximum Gasteiger partial charge on any atom is 0.243 e. The summed E-state index contributed by atoms with van der Waals surface area (Å²) in [6.07, 6.45) is 1.32. The Balaban J connectivity index is 2.97. The van der Waals surface area contributed by atoms with Crippen LogP contribution in [0.1, 0.15) is 0 Å². The fraction of sp³-hybridized carbons (Fsp3) is 0. The Labute approximate surface area is 56.0 Å². The van der Waals surface area contributed by atoms with Crippen molar-refractivity contribution in [2.75, 3.05) is 0 Å². The van der Waals surface area contributed by atoms with Gasteiger partial charge in [0.2, 0.25) is 12.0 Å². The van der Waals surface area contributed by atoms with E-state index in [0.29, 0.717) is 0 Å². The molecule has 0 fully saturated rings. The lowest BCUT2D eigenvalue weighted by Crippen LogP contribution is -1.48. The SMILES string of the molecule is O=C=Nc1ccc(Cl)o1. The molecule has 0 spiro atoms. The topological polar surface area (TPSA) is 42.6 Å². The normalized spacial score (nSPS) is 8.56. The predicted molar refractivity (Wildman–Crippen MR) is 31.5 cm³/mol. The van der Waals surface area contributed by atoms with Crippen molar-refractivity contribution >= 4 is 23.6 Å². The lowest BCUT2D eigenvalue weighted by atomic mass is 10.6. The minimum absolute atomic E-state index is 0.176. The van der Waals surface area contributed by atoms with Crippen LogP contribution >= 0.6 is 11.6 Å². The highest BCUT2D eigenvalue weighted by molar-refractivity contribution is 6.28. The Kier molecular flexibility index (Phi) is 1.68. The second-order valence-electron chi connectivity index (χ2n) is 1.28. The molecule has 3 nitrogen and oxygen atoms in total.